The number of nitrogen functional groups attached to an aromatic ring is 1. The van der Waals surface area contributed by atoms with E-state index in [1.54, 1.807) is 18.5 Å². The van der Waals surface area contributed by atoms with Gasteiger partial charge in [0.25, 0.3) is 0 Å². The molecule has 1 atom stereocenters. The van der Waals surface area contributed by atoms with E-state index in [1.807, 2.05) is 19.2 Å². The number of aromatic nitrogens is 5. The quantitative estimate of drug-likeness (QED) is 0.424. The number of pyridine rings is 1. The molecule has 1 aliphatic carbocycles. The van der Waals surface area contributed by atoms with Crippen molar-refractivity contribution in [1.29, 1.82) is 0 Å². The number of halogens is 1. The number of aryl methyl sites for hydroxylation is 1. The molecule has 10 heteroatoms. The molecule has 8 nitrogen and oxygen atoms in total. The minimum Gasteiger partial charge on any atom is -0.371 e. The maximum atomic E-state index is 14.8. The summed E-state index contributed by atoms with van der Waals surface area (Å²) in [4.78, 5) is 19.4. The summed E-state index contributed by atoms with van der Waals surface area (Å²) >= 11 is 1.34. The molecule has 2 fully saturated rings. The van der Waals surface area contributed by atoms with E-state index in [0.717, 1.165) is 35.9 Å². The number of hydrogen-bond donors (Lipinski definition) is 2. The minimum atomic E-state index is -1.40. The van der Waals surface area contributed by atoms with Crippen LogP contribution in [0.15, 0.2) is 30.0 Å². The van der Waals surface area contributed by atoms with Gasteiger partial charge < -0.3 is 15.4 Å². The Hall–Kier alpha value is -3.39. The smallest absolute Gasteiger partial charge is 0.220 e. The normalized spacial score (nSPS) is 18.2. The first-order valence-corrected chi connectivity index (χ1v) is 12.4. The molecule has 4 aromatic rings. The number of nitrogens with two attached hydrogens (primary N) is 1. The van der Waals surface area contributed by atoms with E-state index in [2.05, 4.69) is 36.3 Å². The van der Waals surface area contributed by atoms with Crippen molar-refractivity contribution < 1.29 is 9.50 Å². The van der Waals surface area contributed by atoms with Gasteiger partial charge in [-0.1, -0.05) is 5.92 Å². The van der Waals surface area contributed by atoms with Crippen molar-refractivity contribution in [2.45, 2.75) is 44.4 Å². The summed E-state index contributed by atoms with van der Waals surface area (Å²) in [6, 6.07) is 2.81. The van der Waals surface area contributed by atoms with Crippen molar-refractivity contribution in [1.82, 2.24) is 29.4 Å². The van der Waals surface area contributed by atoms with Crippen molar-refractivity contribution in [2.75, 3.05) is 18.8 Å². The van der Waals surface area contributed by atoms with Crippen molar-refractivity contribution in [3.05, 3.63) is 52.2 Å². The molecule has 0 aromatic carbocycles. The van der Waals surface area contributed by atoms with Crippen LogP contribution in [0.25, 0.3) is 22.2 Å². The van der Waals surface area contributed by atoms with Gasteiger partial charge in [-0.2, -0.15) is 0 Å². The summed E-state index contributed by atoms with van der Waals surface area (Å²) in [5.74, 6) is 5.35. The average Bonchev–Trinajstić information content (AvgIpc) is 3.30. The lowest BCUT2D eigenvalue weighted by Gasteiger charge is -2.40. The molecule has 3 N–H and O–H groups in total. The molecule has 1 aliphatic heterocycles. The fraction of sp³-hybridized carbons (Fsp3) is 0.360. The Morgan fingerprint density at radius 1 is 1.23 bits per heavy atom. The zero-order valence-corrected chi connectivity index (χ0v) is 20.2. The second-order valence-corrected chi connectivity index (χ2v) is 10.3. The van der Waals surface area contributed by atoms with Gasteiger partial charge in [0.2, 0.25) is 5.95 Å². The minimum absolute atomic E-state index is 0.0103. The predicted octanol–water partition coefficient (Wildman–Crippen LogP) is 3.26. The number of aliphatic hydroxyl groups is 1. The highest BCUT2D eigenvalue weighted by molar-refractivity contribution is 7.09. The maximum Gasteiger partial charge on any atom is 0.220 e. The number of nitrogens with zero attached hydrogens (tertiary/aromatic N) is 6. The molecule has 6 rings (SSSR count). The van der Waals surface area contributed by atoms with E-state index < -0.39 is 11.4 Å². The van der Waals surface area contributed by atoms with E-state index in [9.17, 15) is 9.50 Å². The Kier molecular flexibility index (Phi) is 5.11. The first-order chi connectivity index (χ1) is 16.8. The van der Waals surface area contributed by atoms with E-state index in [-0.39, 0.29) is 17.7 Å². The molecule has 0 radical (unpaired) electrons. The van der Waals surface area contributed by atoms with E-state index in [4.69, 9.17) is 10.7 Å². The highest BCUT2D eigenvalue weighted by Gasteiger charge is 2.39. The van der Waals surface area contributed by atoms with Crippen LogP contribution in [-0.4, -0.2) is 53.6 Å². The molecular weight excluding hydrogens is 465 g/mol. The molecular formula is C25H24FN7OS. The Morgan fingerprint density at radius 2 is 2.03 bits per heavy atom. The van der Waals surface area contributed by atoms with Crippen LogP contribution in [0.3, 0.4) is 0 Å². The van der Waals surface area contributed by atoms with Crippen LogP contribution in [-0.2, 0) is 5.60 Å². The third kappa shape index (κ3) is 3.95. The summed E-state index contributed by atoms with van der Waals surface area (Å²) in [7, 11) is 0. The Balaban J connectivity index is 1.47. The number of fused-ring (bicyclic) bond motifs is 1. The lowest BCUT2D eigenvalue weighted by Crippen LogP contribution is -2.48. The fourth-order valence-electron chi connectivity index (χ4n) is 4.69. The van der Waals surface area contributed by atoms with Crippen molar-refractivity contribution in [2.24, 2.45) is 0 Å². The molecule has 178 valence electrons. The molecule has 5 heterocycles. The van der Waals surface area contributed by atoms with E-state index in [1.165, 1.54) is 24.2 Å². The van der Waals surface area contributed by atoms with Crippen LogP contribution in [0.2, 0.25) is 0 Å². The van der Waals surface area contributed by atoms with Crippen molar-refractivity contribution in [3.63, 3.8) is 0 Å². The summed E-state index contributed by atoms with van der Waals surface area (Å²) in [5, 5.41) is 13.9. The number of likely N-dealkylation sites (tertiary alicyclic amines) is 1. The Labute approximate surface area is 205 Å². The van der Waals surface area contributed by atoms with Crippen LogP contribution in [0.4, 0.5) is 10.3 Å². The molecule has 0 spiro atoms. The van der Waals surface area contributed by atoms with Gasteiger partial charge >= 0.3 is 0 Å². The highest BCUT2D eigenvalue weighted by atomic mass is 32.1. The SMILES string of the molecule is Cc1nc(C#CC(C)(O)c2nccs2)cc2c(-c3nc(N)ncc3F)cn(C3CN(C4CC4)C3)c12. The van der Waals surface area contributed by atoms with Crippen LogP contribution < -0.4 is 5.73 Å². The highest BCUT2D eigenvalue weighted by Crippen LogP contribution is 2.40. The molecule has 35 heavy (non-hydrogen) atoms. The van der Waals surface area contributed by atoms with Crippen LogP contribution in [0.1, 0.15) is 42.2 Å². The van der Waals surface area contributed by atoms with Crippen molar-refractivity contribution in [3.8, 4) is 23.1 Å². The molecule has 1 unspecified atom stereocenters. The summed E-state index contributed by atoms with van der Waals surface area (Å²) in [6.07, 6.45) is 7.21. The summed E-state index contributed by atoms with van der Waals surface area (Å²) < 4.78 is 17.0. The standard InChI is InChI=1S/C25H24FN7OS/c1-14-22-18(9-15(30-14)5-6-25(2,34)23-28-7-8-35-23)19(21-20(26)10-29-24(27)31-21)13-33(22)17-11-32(12-17)16-3-4-16/h7-10,13,16-17,34H,3-4,11-12H2,1-2H3,(H2,27,29,31). The second kappa shape index (κ2) is 8.09. The lowest BCUT2D eigenvalue weighted by molar-refractivity contribution is 0.101. The zero-order valence-electron chi connectivity index (χ0n) is 19.4. The monoisotopic (exact) mass is 489 g/mol. The van der Waals surface area contributed by atoms with Gasteiger partial charge in [-0.05, 0) is 38.7 Å². The second-order valence-electron chi connectivity index (χ2n) is 9.36. The fourth-order valence-corrected chi connectivity index (χ4v) is 5.34. The van der Waals surface area contributed by atoms with Gasteiger partial charge in [-0.3, -0.25) is 4.90 Å². The topological polar surface area (TPSA) is 106 Å². The number of rotatable bonds is 4. The predicted molar refractivity (Wildman–Crippen MR) is 132 cm³/mol. The van der Waals surface area contributed by atoms with Gasteiger partial charge in [0.15, 0.2) is 11.4 Å². The Morgan fingerprint density at radius 3 is 2.74 bits per heavy atom. The molecule has 1 saturated carbocycles. The van der Waals surface area contributed by atoms with Crippen LogP contribution in [0, 0.1) is 24.6 Å². The summed E-state index contributed by atoms with van der Waals surface area (Å²) in [5.41, 5.74) is 7.35. The average molecular weight is 490 g/mol. The number of thiazole rings is 1. The van der Waals surface area contributed by atoms with Gasteiger partial charge in [0.1, 0.15) is 16.4 Å². The van der Waals surface area contributed by atoms with Gasteiger partial charge in [-0.15, -0.1) is 11.3 Å². The first-order valence-electron chi connectivity index (χ1n) is 11.5. The Bertz CT molecular complexity index is 1490. The van der Waals surface area contributed by atoms with E-state index >= 15 is 0 Å². The molecule has 0 amide bonds. The summed E-state index contributed by atoms with van der Waals surface area (Å²) in [6.45, 7) is 5.45. The van der Waals surface area contributed by atoms with Crippen LogP contribution >= 0.6 is 11.3 Å². The molecule has 2 aliphatic rings. The third-order valence-corrected chi connectivity index (χ3v) is 7.62. The maximum absolute atomic E-state index is 14.8. The molecule has 1 saturated heterocycles. The lowest BCUT2D eigenvalue weighted by atomic mass is 10.1. The van der Waals surface area contributed by atoms with Crippen molar-refractivity contribution >= 4 is 28.2 Å². The molecule has 4 aromatic heterocycles. The zero-order chi connectivity index (χ0) is 24.3. The van der Waals surface area contributed by atoms with Gasteiger partial charge in [0.05, 0.1) is 23.4 Å². The van der Waals surface area contributed by atoms with Gasteiger partial charge in [-0.25, -0.2) is 24.3 Å². The largest absolute Gasteiger partial charge is 0.371 e. The van der Waals surface area contributed by atoms with E-state index in [0.29, 0.717) is 22.3 Å². The number of hydrogen-bond acceptors (Lipinski definition) is 8. The van der Waals surface area contributed by atoms with Gasteiger partial charge in [0, 0.05) is 47.9 Å². The molecule has 0 bridgehead atoms. The number of anilines is 1. The first kappa shape index (κ1) is 22.1. The van der Waals surface area contributed by atoms with Crippen LogP contribution in [0.5, 0.6) is 0 Å². The third-order valence-electron chi connectivity index (χ3n) is 6.63.